The number of carbonyl (C=O) groups is 1. The van der Waals surface area contributed by atoms with Crippen LogP contribution in [0.4, 0.5) is 0 Å². The average molecular weight is 281 g/mol. The van der Waals surface area contributed by atoms with Gasteiger partial charge in [-0.25, -0.2) is 0 Å². The highest BCUT2D eigenvalue weighted by Gasteiger charge is 2.03. The number of hydrogen-bond donors (Lipinski definition) is 1. The Morgan fingerprint density at radius 3 is 2.15 bits per heavy atom. The van der Waals surface area contributed by atoms with E-state index in [0.717, 1.165) is 18.9 Å². The van der Waals surface area contributed by atoms with Crippen molar-refractivity contribution in [3.8, 4) is 0 Å². The van der Waals surface area contributed by atoms with Gasteiger partial charge in [-0.2, -0.15) is 0 Å². The molecule has 0 saturated heterocycles. The van der Waals surface area contributed by atoms with Crippen molar-refractivity contribution in [2.45, 2.75) is 85.0 Å². The summed E-state index contributed by atoms with van der Waals surface area (Å²) in [5, 5.41) is 2.89. The van der Waals surface area contributed by atoms with Crippen LogP contribution in [0.25, 0.3) is 0 Å². The first-order valence-electron chi connectivity index (χ1n) is 8.51. The van der Waals surface area contributed by atoms with Crippen molar-refractivity contribution in [2.24, 2.45) is 5.92 Å². The van der Waals surface area contributed by atoms with Gasteiger partial charge >= 0.3 is 0 Å². The molecule has 2 nitrogen and oxygen atoms in total. The van der Waals surface area contributed by atoms with Gasteiger partial charge in [0.05, 0.1) is 0 Å². The molecule has 0 bridgehead atoms. The van der Waals surface area contributed by atoms with Crippen molar-refractivity contribution >= 4 is 5.91 Å². The predicted molar refractivity (Wildman–Crippen MR) is 88.8 cm³/mol. The van der Waals surface area contributed by atoms with Crippen LogP contribution in [0.3, 0.4) is 0 Å². The van der Waals surface area contributed by atoms with Crippen LogP contribution in [0, 0.1) is 5.92 Å². The summed E-state index contributed by atoms with van der Waals surface area (Å²) in [6.45, 7) is 10.8. The van der Waals surface area contributed by atoms with Gasteiger partial charge in [0, 0.05) is 12.1 Å². The van der Waals surface area contributed by atoms with Crippen LogP contribution in [-0.4, -0.2) is 12.5 Å². The molecular weight excluding hydrogens is 246 g/mol. The van der Waals surface area contributed by atoms with E-state index in [2.05, 4.69) is 25.7 Å². The fraction of sp³-hybridized carbons (Fsp3) is 0.833. The number of hydrogen-bond acceptors (Lipinski definition) is 1. The van der Waals surface area contributed by atoms with E-state index in [0.29, 0.717) is 5.57 Å². The van der Waals surface area contributed by atoms with Crippen molar-refractivity contribution in [2.75, 3.05) is 6.54 Å². The van der Waals surface area contributed by atoms with Gasteiger partial charge in [-0.05, 0) is 19.3 Å². The third-order valence-corrected chi connectivity index (χ3v) is 3.85. The molecule has 118 valence electrons. The molecule has 0 rings (SSSR count). The molecule has 0 aromatic rings. The van der Waals surface area contributed by atoms with Crippen molar-refractivity contribution in [3.05, 3.63) is 12.2 Å². The topological polar surface area (TPSA) is 29.1 Å². The quantitative estimate of drug-likeness (QED) is 0.363. The summed E-state index contributed by atoms with van der Waals surface area (Å²) in [6, 6.07) is 0. The van der Waals surface area contributed by atoms with E-state index in [1.54, 1.807) is 6.92 Å². The van der Waals surface area contributed by atoms with Crippen LogP contribution in [0.5, 0.6) is 0 Å². The molecule has 0 fully saturated rings. The lowest BCUT2D eigenvalue weighted by atomic mass is 9.97. The fourth-order valence-corrected chi connectivity index (χ4v) is 2.39. The third kappa shape index (κ3) is 12.3. The van der Waals surface area contributed by atoms with Crippen LogP contribution in [0.1, 0.15) is 85.0 Å². The van der Waals surface area contributed by atoms with Gasteiger partial charge in [-0.3, -0.25) is 4.79 Å². The molecule has 0 saturated carbocycles. The van der Waals surface area contributed by atoms with Gasteiger partial charge < -0.3 is 5.32 Å². The molecule has 1 atom stereocenters. The number of rotatable bonds is 13. The first-order valence-corrected chi connectivity index (χ1v) is 8.51. The largest absolute Gasteiger partial charge is 0.352 e. The Balaban J connectivity index is 3.30. The molecule has 1 unspecified atom stereocenters. The second kappa shape index (κ2) is 13.2. The highest BCUT2D eigenvalue weighted by molar-refractivity contribution is 5.91. The number of nitrogens with one attached hydrogen (secondary N) is 1. The average Bonchev–Trinajstić information content (AvgIpc) is 2.41. The van der Waals surface area contributed by atoms with Crippen LogP contribution in [0.15, 0.2) is 12.2 Å². The standard InChI is InChI=1S/C18H35NO/c1-5-6-7-8-9-10-13-17(4)14-11-12-15-19-18(20)16(2)3/h17H,2,5-15H2,1,3-4H3,(H,19,20). The van der Waals surface area contributed by atoms with E-state index in [9.17, 15) is 4.79 Å². The zero-order chi connectivity index (χ0) is 15.2. The van der Waals surface area contributed by atoms with Crippen LogP contribution in [-0.2, 0) is 4.79 Å². The van der Waals surface area contributed by atoms with Crippen molar-refractivity contribution in [3.63, 3.8) is 0 Å². The second-order valence-corrected chi connectivity index (χ2v) is 6.19. The number of carbonyl (C=O) groups excluding carboxylic acids is 1. The molecule has 0 spiro atoms. The molecule has 1 N–H and O–H groups in total. The van der Waals surface area contributed by atoms with Gasteiger partial charge in [0.1, 0.15) is 0 Å². The molecule has 1 amide bonds. The summed E-state index contributed by atoms with van der Waals surface area (Å²) in [5.74, 6) is 0.822. The summed E-state index contributed by atoms with van der Waals surface area (Å²) in [6.07, 6.45) is 13.3. The van der Waals surface area contributed by atoms with Gasteiger partial charge in [0.2, 0.25) is 5.91 Å². The van der Waals surface area contributed by atoms with Gasteiger partial charge in [-0.1, -0.05) is 78.2 Å². The monoisotopic (exact) mass is 281 g/mol. The first-order chi connectivity index (χ1) is 9.57. The lowest BCUT2D eigenvalue weighted by molar-refractivity contribution is -0.117. The Hall–Kier alpha value is -0.790. The zero-order valence-electron chi connectivity index (χ0n) is 14.0. The molecule has 0 aromatic carbocycles. The van der Waals surface area contributed by atoms with Gasteiger partial charge in [0.25, 0.3) is 0 Å². The molecular formula is C18H35NO. The maximum absolute atomic E-state index is 11.3. The fourth-order valence-electron chi connectivity index (χ4n) is 2.39. The predicted octanol–water partition coefficient (Wildman–Crippen LogP) is 5.24. The molecule has 0 aliphatic carbocycles. The highest BCUT2D eigenvalue weighted by Crippen LogP contribution is 2.16. The second-order valence-electron chi connectivity index (χ2n) is 6.19. The van der Waals surface area contributed by atoms with Gasteiger partial charge in [-0.15, -0.1) is 0 Å². The lowest BCUT2D eigenvalue weighted by Gasteiger charge is -2.11. The highest BCUT2D eigenvalue weighted by atomic mass is 16.1. The van der Waals surface area contributed by atoms with Crippen LogP contribution < -0.4 is 5.32 Å². The van der Waals surface area contributed by atoms with Gasteiger partial charge in [0.15, 0.2) is 0 Å². The Labute approximate surface area is 126 Å². The molecule has 0 radical (unpaired) electrons. The summed E-state index contributed by atoms with van der Waals surface area (Å²) in [4.78, 5) is 11.3. The molecule has 0 aliphatic heterocycles. The van der Waals surface area contributed by atoms with Crippen molar-refractivity contribution in [1.82, 2.24) is 5.32 Å². The zero-order valence-corrected chi connectivity index (χ0v) is 14.0. The minimum atomic E-state index is -0.00914. The summed E-state index contributed by atoms with van der Waals surface area (Å²) >= 11 is 0. The van der Waals surface area contributed by atoms with Crippen LogP contribution in [0.2, 0.25) is 0 Å². The Morgan fingerprint density at radius 2 is 1.55 bits per heavy atom. The minimum absolute atomic E-state index is 0.00914. The summed E-state index contributed by atoms with van der Waals surface area (Å²) in [7, 11) is 0. The van der Waals surface area contributed by atoms with Crippen molar-refractivity contribution < 1.29 is 4.79 Å². The Kier molecular flexibility index (Phi) is 12.7. The minimum Gasteiger partial charge on any atom is -0.352 e. The third-order valence-electron chi connectivity index (χ3n) is 3.85. The van der Waals surface area contributed by atoms with E-state index in [4.69, 9.17) is 0 Å². The maximum atomic E-state index is 11.3. The van der Waals surface area contributed by atoms with E-state index in [1.165, 1.54) is 57.8 Å². The van der Waals surface area contributed by atoms with E-state index in [1.807, 2.05) is 0 Å². The normalized spacial score (nSPS) is 12.2. The smallest absolute Gasteiger partial charge is 0.246 e. The van der Waals surface area contributed by atoms with Crippen LogP contribution >= 0.6 is 0 Å². The maximum Gasteiger partial charge on any atom is 0.246 e. The molecule has 0 aromatic heterocycles. The van der Waals surface area contributed by atoms with E-state index in [-0.39, 0.29) is 5.91 Å². The SMILES string of the molecule is C=C(C)C(=O)NCCCCC(C)CCCCCCCC. The van der Waals surface area contributed by atoms with E-state index >= 15 is 0 Å². The van der Waals surface area contributed by atoms with E-state index < -0.39 is 0 Å². The van der Waals surface area contributed by atoms with Crippen molar-refractivity contribution in [1.29, 1.82) is 0 Å². The number of amides is 1. The summed E-state index contributed by atoms with van der Waals surface area (Å²) in [5.41, 5.74) is 0.599. The molecule has 2 heteroatoms. The summed E-state index contributed by atoms with van der Waals surface area (Å²) < 4.78 is 0. The lowest BCUT2D eigenvalue weighted by Crippen LogP contribution is -2.24. The molecule has 0 heterocycles. The number of unbranched alkanes of at least 4 members (excludes halogenated alkanes) is 6. The molecule has 0 aliphatic rings. The molecule has 20 heavy (non-hydrogen) atoms. The Bertz CT molecular complexity index is 260. The Morgan fingerprint density at radius 1 is 1.00 bits per heavy atom. The first kappa shape index (κ1) is 19.2.